The summed E-state index contributed by atoms with van der Waals surface area (Å²) in [4.78, 5) is 0. The summed E-state index contributed by atoms with van der Waals surface area (Å²) in [6.45, 7) is 4.17. The van der Waals surface area contributed by atoms with E-state index in [9.17, 15) is 4.57 Å². The first kappa shape index (κ1) is 10.2. The van der Waals surface area contributed by atoms with Crippen molar-refractivity contribution in [2.24, 2.45) is 0 Å². The molecule has 0 aliphatic carbocycles. The van der Waals surface area contributed by atoms with Crippen LogP contribution in [0.5, 0.6) is 0 Å². The minimum absolute atomic E-state index is 0.233. The monoisotopic (exact) mass is 166 g/mol. The smallest absolute Gasteiger partial charge is 0.227 e. The van der Waals surface area contributed by atoms with Gasteiger partial charge in [0.25, 0.3) is 0 Å². The summed E-state index contributed by atoms with van der Waals surface area (Å²) in [6.07, 6.45) is 0.784. The molecule has 0 saturated carbocycles. The Morgan fingerprint density at radius 2 is 2.00 bits per heavy atom. The van der Waals surface area contributed by atoms with E-state index in [-0.39, 0.29) is 6.35 Å². The molecule has 0 radical (unpaired) electrons. The van der Waals surface area contributed by atoms with Crippen molar-refractivity contribution >= 4 is 7.37 Å². The summed E-state index contributed by atoms with van der Waals surface area (Å²) in [5.74, 6) is 0. The lowest BCUT2D eigenvalue weighted by molar-refractivity contribution is 0.223. The van der Waals surface area contributed by atoms with Gasteiger partial charge < -0.3 is 9.26 Å². The molecule has 4 heteroatoms. The van der Waals surface area contributed by atoms with E-state index in [0.717, 1.165) is 0 Å². The predicted molar refractivity (Wildman–Crippen MR) is 41.6 cm³/mol. The fourth-order valence-corrected chi connectivity index (χ4v) is 1.96. The van der Waals surface area contributed by atoms with Crippen molar-refractivity contribution in [2.45, 2.75) is 13.8 Å². The third-order valence-corrected chi connectivity index (χ3v) is 3.52. The summed E-state index contributed by atoms with van der Waals surface area (Å²) in [5, 5.41) is 0. The molecule has 0 saturated heterocycles. The van der Waals surface area contributed by atoms with Gasteiger partial charge in [-0.3, -0.25) is 4.57 Å². The lowest BCUT2D eigenvalue weighted by Crippen LogP contribution is -1.99. The Labute approximate surface area is 62.2 Å². The first-order chi connectivity index (χ1) is 4.68. The Morgan fingerprint density at radius 1 is 1.40 bits per heavy atom. The van der Waals surface area contributed by atoms with E-state index in [0.29, 0.717) is 12.8 Å². The third kappa shape index (κ3) is 3.35. The highest BCUT2D eigenvalue weighted by atomic mass is 31.2. The van der Waals surface area contributed by atoms with Crippen LogP contribution < -0.4 is 0 Å². The average Bonchev–Trinajstić information content (AvgIpc) is 1.89. The van der Waals surface area contributed by atoms with E-state index in [1.54, 1.807) is 0 Å². The Kier molecular flexibility index (Phi) is 4.96. The van der Waals surface area contributed by atoms with Crippen LogP contribution in [0.3, 0.4) is 0 Å². The van der Waals surface area contributed by atoms with E-state index < -0.39 is 7.37 Å². The zero-order valence-electron chi connectivity index (χ0n) is 6.79. The molecule has 0 rings (SSSR count). The average molecular weight is 166 g/mol. The highest BCUT2D eigenvalue weighted by Crippen LogP contribution is 2.45. The molecular weight excluding hydrogens is 151 g/mol. The second-order valence-electron chi connectivity index (χ2n) is 1.97. The summed E-state index contributed by atoms with van der Waals surface area (Å²) < 4.78 is 21.2. The minimum Gasteiger partial charge on any atom is -0.375 e. The van der Waals surface area contributed by atoms with Crippen LogP contribution in [0.2, 0.25) is 0 Å². The maximum Gasteiger partial charge on any atom is 0.227 e. The summed E-state index contributed by atoms with van der Waals surface area (Å²) in [6, 6.07) is 0. The van der Waals surface area contributed by atoms with Gasteiger partial charge >= 0.3 is 0 Å². The van der Waals surface area contributed by atoms with Crippen molar-refractivity contribution in [3.05, 3.63) is 0 Å². The highest BCUT2D eigenvalue weighted by molar-refractivity contribution is 7.58. The van der Waals surface area contributed by atoms with Gasteiger partial charge in [0.2, 0.25) is 7.37 Å². The van der Waals surface area contributed by atoms with E-state index in [1.807, 2.05) is 13.8 Å². The van der Waals surface area contributed by atoms with Gasteiger partial charge in [0.05, 0.1) is 6.61 Å². The maximum absolute atomic E-state index is 11.4. The largest absolute Gasteiger partial charge is 0.375 e. The second kappa shape index (κ2) is 4.89. The van der Waals surface area contributed by atoms with Crippen LogP contribution in [0.1, 0.15) is 13.8 Å². The van der Waals surface area contributed by atoms with Crippen LogP contribution >= 0.6 is 7.37 Å². The Bertz CT molecular complexity index is 114. The number of rotatable bonds is 5. The standard InChI is InChI=1S/C6H15O3P/c1-4-9-10(7,5-2)6-8-3/h4-6H2,1-3H3. The number of hydrogen-bond acceptors (Lipinski definition) is 3. The molecular formula is C6H15O3P. The SMILES string of the molecule is CCOP(=O)(CC)COC. The molecule has 0 amide bonds. The van der Waals surface area contributed by atoms with Crippen LogP contribution in [0.15, 0.2) is 0 Å². The summed E-state index contributed by atoms with van der Waals surface area (Å²) in [5.41, 5.74) is 0. The van der Waals surface area contributed by atoms with Crippen LogP contribution in [0, 0.1) is 0 Å². The molecule has 0 aliphatic heterocycles. The molecule has 0 aromatic heterocycles. The van der Waals surface area contributed by atoms with Crippen LogP contribution in [-0.2, 0) is 13.8 Å². The molecule has 62 valence electrons. The van der Waals surface area contributed by atoms with E-state index in [4.69, 9.17) is 9.26 Å². The Balaban J connectivity index is 3.83. The zero-order chi connectivity index (χ0) is 8.04. The minimum atomic E-state index is -2.42. The first-order valence-electron chi connectivity index (χ1n) is 3.40. The quantitative estimate of drug-likeness (QED) is 0.585. The molecule has 0 aliphatic rings. The van der Waals surface area contributed by atoms with Crippen LogP contribution in [-0.4, -0.2) is 26.2 Å². The third-order valence-electron chi connectivity index (χ3n) is 1.17. The lowest BCUT2D eigenvalue weighted by atomic mass is 10.9. The van der Waals surface area contributed by atoms with Crippen molar-refractivity contribution in [2.75, 3.05) is 26.2 Å². The number of ether oxygens (including phenoxy) is 1. The first-order valence-corrected chi connectivity index (χ1v) is 5.39. The second-order valence-corrected chi connectivity index (χ2v) is 4.74. The predicted octanol–water partition coefficient (Wildman–Crippen LogP) is 1.92. The molecule has 0 bridgehead atoms. The Hall–Kier alpha value is 0.150. The fraction of sp³-hybridized carbons (Fsp3) is 1.00. The van der Waals surface area contributed by atoms with Crippen LogP contribution in [0.4, 0.5) is 0 Å². The molecule has 0 heterocycles. The van der Waals surface area contributed by atoms with E-state index >= 15 is 0 Å². The molecule has 0 N–H and O–H groups in total. The zero-order valence-corrected chi connectivity index (χ0v) is 7.69. The molecule has 0 aromatic rings. The summed E-state index contributed by atoms with van der Waals surface area (Å²) in [7, 11) is -0.893. The fourth-order valence-electron chi connectivity index (χ4n) is 0.652. The molecule has 0 spiro atoms. The van der Waals surface area contributed by atoms with Crippen molar-refractivity contribution in [1.29, 1.82) is 0 Å². The van der Waals surface area contributed by atoms with Crippen molar-refractivity contribution in [3.63, 3.8) is 0 Å². The van der Waals surface area contributed by atoms with Gasteiger partial charge in [0, 0.05) is 13.3 Å². The number of hydrogen-bond donors (Lipinski definition) is 0. The number of methoxy groups -OCH3 is 1. The highest BCUT2D eigenvalue weighted by Gasteiger charge is 2.18. The van der Waals surface area contributed by atoms with Crippen molar-refractivity contribution < 1.29 is 13.8 Å². The van der Waals surface area contributed by atoms with Gasteiger partial charge in [0.15, 0.2) is 0 Å². The van der Waals surface area contributed by atoms with E-state index in [2.05, 4.69) is 0 Å². The van der Waals surface area contributed by atoms with Gasteiger partial charge in [-0.2, -0.15) is 0 Å². The van der Waals surface area contributed by atoms with E-state index in [1.165, 1.54) is 7.11 Å². The molecule has 0 fully saturated rings. The van der Waals surface area contributed by atoms with Gasteiger partial charge in [-0.05, 0) is 6.92 Å². The van der Waals surface area contributed by atoms with Gasteiger partial charge in [-0.15, -0.1) is 0 Å². The van der Waals surface area contributed by atoms with Crippen LogP contribution in [0.25, 0.3) is 0 Å². The normalized spacial score (nSPS) is 16.7. The van der Waals surface area contributed by atoms with Gasteiger partial charge in [-0.25, -0.2) is 0 Å². The molecule has 1 unspecified atom stereocenters. The molecule has 1 atom stereocenters. The van der Waals surface area contributed by atoms with Gasteiger partial charge in [-0.1, -0.05) is 6.92 Å². The molecule has 3 nitrogen and oxygen atoms in total. The Morgan fingerprint density at radius 3 is 2.30 bits per heavy atom. The van der Waals surface area contributed by atoms with Crippen molar-refractivity contribution in [3.8, 4) is 0 Å². The molecule has 0 aromatic carbocycles. The topological polar surface area (TPSA) is 35.5 Å². The van der Waals surface area contributed by atoms with Crippen molar-refractivity contribution in [1.82, 2.24) is 0 Å². The molecule has 10 heavy (non-hydrogen) atoms. The maximum atomic E-state index is 11.4. The summed E-state index contributed by atoms with van der Waals surface area (Å²) >= 11 is 0. The van der Waals surface area contributed by atoms with Gasteiger partial charge in [0.1, 0.15) is 6.35 Å². The lowest BCUT2D eigenvalue weighted by Gasteiger charge is -2.13.